The summed E-state index contributed by atoms with van der Waals surface area (Å²) in [6, 6.07) is 4.88. The molecule has 4 rings (SSSR count). The third kappa shape index (κ3) is 3.85. The Morgan fingerprint density at radius 2 is 2.14 bits per heavy atom. The number of piperidine rings is 1. The molecule has 1 amide bonds. The summed E-state index contributed by atoms with van der Waals surface area (Å²) in [5.41, 5.74) is 1.12. The molecular formula is C21H25FN4O2. The fourth-order valence-corrected chi connectivity index (χ4v) is 4.50. The van der Waals surface area contributed by atoms with E-state index >= 15 is 0 Å². The van der Waals surface area contributed by atoms with Gasteiger partial charge in [0.05, 0.1) is 13.3 Å². The van der Waals surface area contributed by atoms with Gasteiger partial charge in [0.1, 0.15) is 17.3 Å². The second-order valence-electron chi connectivity index (χ2n) is 7.84. The van der Waals surface area contributed by atoms with Crippen molar-refractivity contribution < 1.29 is 13.9 Å². The molecule has 0 aliphatic carbocycles. The normalized spacial score (nSPS) is 22.6. The van der Waals surface area contributed by atoms with Crippen LogP contribution in [0.5, 0.6) is 5.75 Å². The standard InChI is InChI=1S/C21H25FN4O2/c1-28-17-3-4-18(22)16(11-17)13-25-9-2-5-21(14-25)6-10-26(15-21)20(27)19-12-23-7-8-24-19/h3-4,7-8,11-12H,2,5-6,9-10,13-15H2,1H3. The molecule has 0 radical (unpaired) electrons. The van der Waals surface area contributed by atoms with E-state index < -0.39 is 0 Å². The number of amides is 1. The van der Waals surface area contributed by atoms with Gasteiger partial charge in [-0.2, -0.15) is 0 Å². The summed E-state index contributed by atoms with van der Waals surface area (Å²) in [7, 11) is 1.59. The fourth-order valence-electron chi connectivity index (χ4n) is 4.50. The van der Waals surface area contributed by atoms with Crippen molar-refractivity contribution in [3.05, 3.63) is 53.9 Å². The van der Waals surface area contributed by atoms with E-state index in [4.69, 9.17) is 4.74 Å². The van der Waals surface area contributed by atoms with E-state index in [1.807, 2.05) is 4.90 Å². The van der Waals surface area contributed by atoms with Crippen molar-refractivity contribution in [2.24, 2.45) is 5.41 Å². The number of hydrogen-bond donors (Lipinski definition) is 0. The molecule has 148 valence electrons. The predicted octanol–water partition coefficient (Wildman–Crippen LogP) is 2.75. The lowest BCUT2D eigenvalue weighted by atomic mass is 9.79. The first kappa shape index (κ1) is 18.8. The van der Waals surface area contributed by atoms with Crippen molar-refractivity contribution in [3.8, 4) is 5.75 Å². The molecule has 1 aromatic carbocycles. The first-order valence-corrected chi connectivity index (χ1v) is 9.69. The second kappa shape index (κ2) is 7.83. The lowest BCUT2D eigenvalue weighted by Crippen LogP contribution is -2.45. The van der Waals surface area contributed by atoms with E-state index in [-0.39, 0.29) is 17.1 Å². The van der Waals surface area contributed by atoms with Gasteiger partial charge in [0, 0.05) is 49.6 Å². The first-order chi connectivity index (χ1) is 13.6. The molecule has 1 aromatic heterocycles. The summed E-state index contributed by atoms with van der Waals surface area (Å²) in [5, 5.41) is 0. The maximum absolute atomic E-state index is 14.2. The molecule has 2 aromatic rings. The summed E-state index contributed by atoms with van der Waals surface area (Å²) in [6.45, 7) is 3.82. The summed E-state index contributed by atoms with van der Waals surface area (Å²) < 4.78 is 19.5. The van der Waals surface area contributed by atoms with Gasteiger partial charge < -0.3 is 9.64 Å². The van der Waals surface area contributed by atoms with Gasteiger partial charge in [-0.05, 0) is 44.0 Å². The molecule has 2 saturated heterocycles. The number of methoxy groups -OCH3 is 1. The number of carbonyl (C=O) groups is 1. The van der Waals surface area contributed by atoms with Crippen molar-refractivity contribution in [1.29, 1.82) is 0 Å². The van der Waals surface area contributed by atoms with Crippen LogP contribution in [-0.2, 0) is 6.54 Å². The van der Waals surface area contributed by atoms with Crippen molar-refractivity contribution >= 4 is 5.91 Å². The molecule has 6 nitrogen and oxygen atoms in total. The SMILES string of the molecule is COc1ccc(F)c(CN2CCCC3(CCN(C(=O)c4cnccn4)C3)C2)c1. The third-order valence-corrected chi connectivity index (χ3v) is 5.90. The summed E-state index contributed by atoms with van der Waals surface area (Å²) in [4.78, 5) is 25.0. The third-order valence-electron chi connectivity index (χ3n) is 5.90. The Morgan fingerprint density at radius 1 is 1.25 bits per heavy atom. The summed E-state index contributed by atoms with van der Waals surface area (Å²) in [6.07, 6.45) is 7.75. The largest absolute Gasteiger partial charge is 0.497 e. The zero-order valence-corrected chi connectivity index (χ0v) is 16.1. The highest BCUT2D eigenvalue weighted by atomic mass is 19.1. The minimum atomic E-state index is -0.202. The maximum atomic E-state index is 14.2. The second-order valence-corrected chi connectivity index (χ2v) is 7.84. The zero-order valence-electron chi connectivity index (χ0n) is 16.1. The molecule has 1 atom stereocenters. The van der Waals surface area contributed by atoms with Crippen molar-refractivity contribution in [2.45, 2.75) is 25.8 Å². The van der Waals surface area contributed by atoms with E-state index in [1.54, 1.807) is 31.6 Å². The Balaban J connectivity index is 1.43. The highest BCUT2D eigenvalue weighted by Gasteiger charge is 2.43. The number of ether oxygens (including phenoxy) is 1. The Bertz CT molecular complexity index is 848. The van der Waals surface area contributed by atoms with E-state index in [2.05, 4.69) is 14.9 Å². The van der Waals surface area contributed by atoms with Crippen LogP contribution in [0.25, 0.3) is 0 Å². The Kier molecular flexibility index (Phi) is 5.26. The minimum absolute atomic E-state index is 0.0547. The van der Waals surface area contributed by atoms with Crippen LogP contribution >= 0.6 is 0 Å². The summed E-state index contributed by atoms with van der Waals surface area (Å²) in [5.74, 6) is 0.414. The number of nitrogens with zero attached hydrogens (tertiary/aromatic N) is 4. The molecule has 3 heterocycles. The van der Waals surface area contributed by atoms with Gasteiger partial charge >= 0.3 is 0 Å². The van der Waals surface area contributed by atoms with E-state index in [9.17, 15) is 9.18 Å². The Morgan fingerprint density at radius 3 is 2.93 bits per heavy atom. The highest BCUT2D eigenvalue weighted by molar-refractivity contribution is 5.92. The average Bonchev–Trinajstić information content (AvgIpc) is 3.13. The lowest BCUT2D eigenvalue weighted by molar-refractivity contribution is 0.0668. The van der Waals surface area contributed by atoms with Crippen molar-refractivity contribution in [1.82, 2.24) is 19.8 Å². The quantitative estimate of drug-likeness (QED) is 0.811. The number of hydrogen-bond acceptors (Lipinski definition) is 5. The van der Waals surface area contributed by atoms with Gasteiger partial charge in [-0.15, -0.1) is 0 Å². The molecule has 2 fully saturated rings. The molecule has 7 heteroatoms. The van der Waals surface area contributed by atoms with Crippen molar-refractivity contribution in [2.75, 3.05) is 33.3 Å². The maximum Gasteiger partial charge on any atom is 0.274 e. The summed E-state index contributed by atoms with van der Waals surface area (Å²) >= 11 is 0. The fraction of sp³-hybridized carbons (Fsp3) is 0.476. The molecule has 0 bridgehead atoms. The van der Waals surface area contributed by atoms with Crippen LogP contribution in [0.3, 0.4) is 0 Å². The van der Waals surface area contributed by atoms with Gasteiger partial charge in [-0.1, -0.05) is 0 Å². The number of rotatable bonds is 4. The number of aromatic nitrogens is 2. The molecule has 0 N–H and O–H groups in total. The number of benzene rings is 1. The van der Waals surface area contributed by atoms with Crippen LogP contribution in [0, 0.1) is 11.2 Å². The predicted molar refractivity (Wildman–Crippen MR) is 102 cm³/mol. The smallest absolute Gasteiger partial charge is 0.274 e. The molecule has 1 unspecified atom stereocenters. The van der Waals surface area contributed by atoms with Gasteiger partial charge in [0.25, 0.3) is 5.91 Å². The topological polar surface area (TPSA) is 58.6 Å². The first-order valence-electron chi connectivity index (χ1n) is 9.69. The molecule has 28 heavy (non-hydrogen) atoms. The zero-order chi connectivity index (χ0) is 19.6. The van der Waals surface area contributed by atoms with Gasteiger partial charge in [-0.3, -0.25) is 14.7 Å². The molecule has 0 saturated carbocycles. The molecule has 2 aliphatic rings. The van der Waals surface area contributed by atoms with Crippen LogP contribution < -0.4 is 4.74 Å². The average molecular weight is 384 g/mol. The Hall–Kier alpha value is -2.54. The Labute approximate surface area is 164 Å². The van der Waals surface area contributed by atoms with Gasteiger partial charge in [-0.25, -0.2) is 9.37 Å². The van der Waals surface area contributed by atoms with E-state index in [0.29, 0.717) is 23.6 Å². The van der Waals surface area contributed by atoms with Gasteiger partial charge in [0.2, 0.25) is 0 Å². The van der Waals surface area contributed by atoms with E-state index in [1.165, 1.54) is 12.3 Å². The number of carbonyl (C=O) groups excluding carboxylic acids is 1. The van der Waals surface area contributed by atoms with Crippen LogP contribution in [0.1, 0.15) is 35.3 Å². The molecular weight excluding hydrogens is 359 g/mol. The monoisotopic (exact) mass is 384 g/mol. The van der Waals surface area contributed by atoms with Crippen LogP contribution in [0.4, 0.5) is 4.39 Å². The highest BCUT2D eigenvalue weighted by Crippen LogP contribution is 2.40. The number of halogens is 1. The molecule has 1 spiro atoms. The number of likely N-dealkylation sites (tertiary alicyclic amines) is 2. The minimum Gasteiger partial charge on any atom is -0.497 e. The van der Waals surface area contributed by atoms with Gasteiger partial charge in [0.15, 0.2) is 0 Å². The van der Waals surface area contributed by atoms with E-state index in [0.717, 1.165) is 45.4 Å². The van der Waals surface area contributed by atoms with Crippen LogP contribution in [0.2, 0.25) is 0 Å². The van der Waals surface area contributed by atoms with Crippen LogP contribution in [-0.4, -0.2) is 59.0 Å². The van der Waals surface area contributed by atoms with Crippen molar-refractivity contribution in [3.63, 3.8) is 0 Å². The lowest BCUT2D eigenvalue weighted by Gasteiger charge is -2.40. The van der Waals surface area contributed by atoms with Crippen LogP contribution in [0.15, 0.2) is 36.8 Å². The molecule has 2 aliphatic heterocycles.